The van der Waals surface area contributed by atoms with E-state index in [1.807, 2.05) is 32.0 Å². The van der Waals surface area contributed by atoms with Gasteiger partial charge in [-0.25, -0.2) is 4.98 Å². The van der Waals surface area contributed by atoms with Gasteiger partial charge in [0.1, 0.15) is 5.82 Å². The summed E-state index contributed by atoms with van der Waals surface area (Å²) < 4.78 is 4.98. The highest BCUT2D eigenvalue weighted by atomic mass is 16.5. The molecule has 0 fully saturated rings. The molecule has 5 heteroatoms. The second-order valence-electron chi connectivity index (χ2n) is 4.80. The number of hydrogen-bond acceptors (Lipinski definition) is 5. The Hall–Kier alpha value is -1.17. The summed E-state index contributed by atoms with van der Waals surface area (Å²) in [5.74, 6) is 0.919. The molecule has 0 aliphatic heterocycles. The van der Waals surface area contributed by atoms with Crippen molar-refractivity contribution in [3.05, 3.63) is 23.4 Å². The van der Waals surface area contributed by atoms with Gasteiger partial charge in [-0.1, -0.05) is 0 Å². The van der Waals surface area contributed by atoms with E-state index in [1.165, 1.54) is 0 Å². The van der Waals surface area contributed by atoms with Gasteiger partial charge in [0.15, 0.2) is 0 Å². The van der Waals surface area contributed by atoms with Crippen molar-refractivity contribution in [2.24, 2.45) is 0 Å². The minimum absolute atomic E-state index is 0.0666. The number of nitrogens with zero attached hydrogens (tertiary/aromatic N) is 2. The highest BCUT2D eigenvalue weighted by Crippen LogP contribution is 2.18. The van der Waals surface area contributed by atoms with Crippen molar-refractivity contribution in [3.8, 4) is 0 Å². The molecule has 1 unspecified atom stereocenters. The van der Waals surface area contributed by atoms with Crippen molar-refractivity contribution < 1.29 is 9.84 Å². The predicted molar refractivity (Wildman–Crippen MR) is 77.5 cm³/mol. The van der Waals surface area contributed by atoms with E-state index in [0.717, 1.165) is 30.0 Å². The van der Waals surface area contributed by atoms with Crippen LogP contribution in [-0.4, -0.2) is 50.0 Å². The Kier molecular flexibility index (Phi) is 6.77. The summed E-state index contributed by atoms with van der Waals surface area (Å²) >= 11 is 0. The molecule has 0 bridgehead atoms. The van der Waals surface area contributed by atoms with Crippen LogP contribution in [0.4, 0.5) is 5.82 Å². The minimum Gasteiger partial charge on any atom is -0.394 e. The molecule has 0 saturated carbocycles. The largest absolute Gasteiger partial charge is 0.394 e. The number of aliphatic hydroxyl groups is 1. The Labute approximate surface area is 115 Å². The predicted octanol–water partition coefficient (Wildman–Crippen LogP) is 0.943. The summed E-state index contributed by atoms with van der Waals surface area (Å²) in [7, 11) is 3.65. The fourth-order valence-corrected chi connectivity index (χ4v) is 1.83. The summed E-state index contributed by atoms with van der Waals surface area (Å²) in [6.45, 7) is 6.47. The van der Waals surface area contributed by atoms with E-state index in [2.05, 4.69) is 16.4 Å². The molecule has 0 spiro atoms. The van der Waals surface area contributed by atoms with Crippen LogP contribution in [0.3, 0.4) is 0 Å². The summed E-state index contributed by atoms with van der Waals surface area (Å²) in [4.78, 5) is 6.49. The van der Waals surface area contributed by atoms with E-state index < -0.39 is 0 Å². The van der Waals surface area contributed by atoms with E-state index in [-0.39, 0.29) is 12.6 Å². The van der Waals surface area contributed by atoms with Gasteiger partial charge in [0.05, 0.1) is 19.3 Å². The third-order valence-corrected chi connectivity index (χ3v) is 3.18. The molecule has 0 saturated heterocycles. The van der Waals surface area contributed by atoms with Gasteiger partial charge in [0.2, 0.25) is 0 Å². The van der Waals surface area contributed by atoms with Crippen LogP contribution in [0, 0.1) is 6.92 Å². The minimum atomic E-state index is 0.0666. The zero-order valence-electron chi connectivity index (χ0n) is 12.3. The van der Waals surface area contributed by atoms with Crippen LogP contribution in [0.2, 0.25) is 0 Å². The summed E-state index contributed by atoms with van der Waals surface area (Å²) in [5, 5.41) is 12.5. The van der Waals surface area contributed by atoms with E-state index in [0.29, 0.717) is 6.61 Å². The van der Waals surface area contributed by atoms with Crippen LogP contribution in [-0.2, 0) is 11.3 Å². The van der Waals surface area contributed by atoms with Crippen LogP contribution < -0.4 is 10.2 Å². The van der Waals surface area contributed by atoms with Crippen molar-refractivity contribution in [2.45, 2.75) is 26.4 Å². The van der Waals surface area contributed by atoms with Crippen molar-refractivity contribution in [1.29, 1.82) is 0 Å². The molecule has 1 atom stereocenters. The Balaban J connectivity index is 2.63. The third-order valence-electron chi connectivity index (χ3n) is 3.18. The topological polar surface area (TPSA) is 57.6 Å². The molecular formula is C14H25N3O2. The quantitative estimate of drug-likeness (QED) is 0.687. The van der Waals surface area contributed by atoms with Crippen LogP contribution in [0.15, 0.2) is 12.3 Å². The van der Waals surface area contributed by atoms with Crippen molar-refractivity contribution in [3.63, 3.8) is 0 Å². The van der Waals surface area contributed by atoms with E-state index >= 15 is 0 Å². The maximum Gasteiger partial charge on any atom is 0.131 e. The van der Waals surface area contributed by atoms with Crippen molar-refractivity contribution in [1.82, 2.24) is 10.3 Å². The van der Waals surface area contributed by atoms with Gasteiger partial charge in [-0.3, -0.25) is 0 Å². The fourth-order valence-electron chi connectivity index (χ4n) is 1.83. The second kappa shape index (κ2) is 8.09. The molecule has 5 nitrogen and oxygen atoms in total. The van der Waals surface area contributed by atoms with Crippen LogP contribution in [0.1, 0.15) is 18.1 Å². The molecule has 19 heavy (non-hydrogen) atoms. The van der Waals surface area contributed by atoms with E-state index in [4.69, 9.17) is 4.74 Å². The average molecular weight is 267 g/mol. The maximum absolute atomic E-state index is 9.19. The first-order valence-electron chi connectivity index (χ1n) is 6.59. The lowest BCUT2D eigenvalue weighted by Gasteiger charge is -2.26. The lowest BCUT2D eigenvalue weighted by Crippen LogP contribution is -2.33. The number of ether oxygens (including phenoxy) is 1. The SMILES string of the molecule is COCCNCc1cnc(N(C)C(C)CO)c(C)c1. The first-order valence-corrected chi connectivity index (χ1v) is 6.59. The van der Waals surface area contributed by atoms with Gasteiger partial charge in [0, 0.05) is 33.4 Å². The van der Waals surface area contributed by atoms with Gasteiger partial charge < -0.3 is 20.1 Å². The Bertz CT molecular complexity index is 385. The van der Waals surface area contributed by atoms with Crippen molar-refractivity contribution >= 4 is 5.82 Å². The van der Waals surface area contributed by atoms with Crippen LogP contribution in [0.25, 0.3) is 0 Å². The summed E-state index contributed by atoms with van der Waals surface area (Å²) in [5.41, 5.74) is 2.27. The molecule has 1 aromatic rings. The van der Waals surface area contributed by atoms with E-state index in [9.17, 15) is 5.11 Å². The molecule has 0 amide bonds. The molecule has 1 rings (SSSR count). The number of aromatic nitrogens is 1. The first kappa shape index (κ1) is 15.9. The highest BCUT2D eigenvalue weighted by Gasteiger charge is 2.12. The second-order valence-corrected chi connectivity index (χ2v) is 4.80. The summed E-state index contributed by atoms with van der Waals surface area (Å²) in [6, 6.07) is 2.19. The average Bonchev–Trinajstić information content (AvgIpc) is 2.42. The Morgan fingerprint density at radius 3 is 2.84 bits per heavy atom. The zero-order valence-corrected chi connectivity index (χ0v) is 12.3. The van der Waals surface area contributed by atoms with Gasteiger partial charge >= 0.3 is 0 Å². The van der Waals surface area contributed by atoms with E-state index in [1.54, 1.807) is 7.11 Å². The van der Waals surface area contributed by atoms with Gasteiger partial charge in [0.25, 0.3) is 0 Å². The van der Waals surface area contributed by atoms with Gasteiger partial charge in [-0.2, -0.15) is 0 Å². The molecule has 1 heterocycles. The number of aryl methyl sites for hydroxylation is 1. The Morgan fingerprint density at radius 2 is 2.26 bits per heavy atom. The number of pyridine rings is 1. The lowest BCUT2D eigenvalue weighted by atomic mass is 10.2. The third kappa shape index (κ3) is 4.78. The molecule has 2 N–H and O–H groups in total. The molecule has 0 aromatic carbocycles. The number of rotatable bonds is 8. The number of nitrogens with one attached hydrogen (secondary N) is 1. The molecular weight excluding hydrogens is 242 g/mol. The maximum atomic E-state index is 9.19. The molecule has 0 radical (unpaired) electrons. The van der Waals surface area contributed by atoms with Gasteiger partial charge in [-0.05, 0) is 31.0 Å². The normalized spacial score (nSPS) is 12.5. The zero-order chi connectivity index (χ0) is 14.3. The monoisotopic (exact) mass is 267 g/mol. The Morgan fingerprint density at radius 1 is 1.53 bits per heavy atom. The fraction of sp³-hybridized carbons (Fsp3) is 0.643. The number of aliphatic hydroxyl groups excluding tert-OH is 1. The van der Waals surface area contributed by atoms with Crippen molar-refractivity contribution in [2.75, 3.05) is 38.8 Å². The van der Waals surface area contributed by atoms with Crippen LogP contribution >= 0.6 is 0 Å². The standard InChI is InChI=1S/C14H25N3O2/c1-11-7-13(8-15-5-6-19-4)9-16-14(11)17(3)12(2)10-18/h7,9,12,15,18H,5-6,8,10H2,1-4H3. The lowest BCUT2D eigenvalue weighted by molar-refractivity contribution is 0.199. The first-order chi connectivity index (χ1) is 9.10. The smallest absolute Gasteiger partial charge is 0.131 e. The molecule has 1 aromatic heterocycles. The summed E-state index contributed by atoms with van der Waals surface area (Å²) in [6.07, 6.45) is 1.88. The van der Waals surface area contributed by atoms with Crippen LogP contribution in [0.5, 0.6) is 0 Å². The molecule has 0 aliphatic rings. The number of hydrogen-bond donors (Lipinski definition) is 2. The number of methoxy groups -OCH3 is 1. The highest BCUT2D eigenvalue weighted by molar-refractivity contribution is 5.47. The number of anilines is 1. The van der Waals surface area contributed by atoms with Gasteiger partial charge in [-0.15, -0.1) is 0 Å². The molecule has 108 valence electrons. The molecule has 0 aliphatic carbocycles. The number of likely N-dealkylation sites (N-methyl/N-ethyl adjacent to an activating group) is 1.